The van der Waals surface area contributed by atoms with Crippen molar-refractivity contribution in [3.63, 3.8) is 0 Å². The minimum Gasteiger partial charge on any atom is -0.396 e. The molecule has 0 aromatic heterocycles. The molecule has 1 atom stereocenters. The third-order valence-electron chi connectivity index (χ3n) is 3.09. The second-order valence-corrected chi connectivity index (χ2v) is 5.81. The fourth-order valence-corrected chi connectivity index (χ4v) is 2.85. The Balaban J connectivity index is 2.47. The third-order valence-corrected chi connectivity index (χ3v) is 4.25. The van der Waals surface area contributed by atoms with Crippen LogP contribution in [0.4, 0.5) is 0 Å². The van der Waals surface area contributed by atoms with Crippen LogP contribution in [0.2, 0.25) is 0 Å². The maximum atomic E-state index is 9.06. The second-order valence-electron chi connectivity index (χ2n) is 4.72. The summed E-state index contributed by atoms with van der Waals surface area (Å²) < 4.78 is 0. The average molecular weight is 267 g/mol. The number of nitrogens with one attached hydrogen (secondary N) is 1. The summed E-state index contributed by atoms with van der Waals surface area (Å²) in [4.78, 5) is 1.32. The lowest BCUT2D eigenvalue weighted by atomic mass is 10.1. The molecule has 0 spiro atoms. The monoisotopic (exact) mass is 267 g/mol. The summed E-state index contributed by atoms with van der Waals surface area (Å²) >= 11 is 1.87. The van der Waals surface area contributed by atoms with Crippen molar-refractivity contribution >= 4 is 11.8 Å². The molecule has 1 unspecified atom stereocenters. The van der Waals surface area contributed by atoms with Gasteiger partial charge in [-0.2, -0.15) is 0 Å². The van der Waals surface area contributed by atoms with Crippen LogP contribution in [0.3, 0.4) is 0 Å². The Morgan fingerprint density at radius 3 is 2.67 bits per heavy atom. The van der Waals surface area contributed by atoms with Gasteiger partial charge in [0.25, 0.3) is 0 Å². The topological polar surface area (TPSA) is 32.3 Å². The molecule has 0 radical (unpaired) electrons. The highest BCUT2D eigenvalue weighted by Gasteiger charge is 2.08. The molecule has 0 saturated heterocycles. The minimum absolute atomic E-state index is 0.259. The number of thioether (sulfide) groups is 1. The van der Waals surface area contributed by atoms with Crippen molar-refractivity contribution in [1.29, 1.82) is 0 Å². The minimum atomic E-state index is 0.259. The molecule has 0 aliphatic rings. The van der Waals surface area contributed by atoms with Crippen molar-refractivity contribution in [2.75, 3.05) is 18.9 Å². The van der Waals surface area contributed by atoms with Crippen LogP contribution >= 0.6 is 11.8 Å². The normalized spacial score (nSPS) is 12.7. The van der Waals surface area contributed by atoms with Gasteiger partial charge in [0, 0.05) is 23.3 Å². The Hall–Kier alpha value is -0.510. The highest BCUT2D eigenvalue weighted by Crippen LogP contribution is 2.22. The molecule has 3 heteroatoms. The molecule has 18 heavy (non-hydrogen) atoms. The molecule has 1 rings (SSSR count). The molecule has 0 amide bonds. The van der Waals surface area contributed by atoms with Gasteiger partial charge in [0.2, 0.25) is 0 Å². The van der Waals surface area contributed by atoms with E-state index in [2.05, 4.69) is 44.3 Å². The van der Waals surface area contributed by atoms with Gasteiger partial charge in [0.05, 0.1) is 0 Å². The molecule has 0 bridgehead atoms. The lowest BCUT2D eigenvalue weighted by Crippen LogP contribution is -2.32. The van der Waals surface area contributed by atoms with Gasteiger partial charge < -0.3 is 10.4 Å². The predicted molar refractivity (Wildman–Crippen MR) is 80.4 cm³/mol. The lowest BCUT2D eigenvalue weighted by molar-refractivity contribution is 0.270. The Kier molecular flexibility index (Phi) is 7.40. The molecule has 0 heterocycles. The van der Waals surface area contributed by atoms with E-state index in [9.17, 15) is 0 Å². The maximum absolute atomic E-state index is 9.06. The molecule has 2 N–H and O–H groups in total. The first-order valence-corrected chi connectivity index (χ1v) is 7.70. The molecular formula is C15H25NOS. The van der Waals surface area contributed by atoms with Gasteiger partial charge in [-0.3, -0.25) is 0 Å². The van der Waals surface area contributed by atoms with E-state index in [4.69, 9.17) is 5.11 Å². The van der Waals surface area contributed by atoms with Gasteiger partial charge in [-0.15, -0.1) is 11.8 Å². The van der Waals surface area contributed by atoms with Crippen molar-refractivity contribution in [1.82, 2.24) is 5.32 Å². The number of rotatable bonds is 8. The standard InChI is InChI=1S/C15H25NOS/c1-4-8-16-14(7-9-17)11-18-15-6-5-12(2)13(3)10-15/h5-6,10,14,16-17H,4,7-9,11H2,1-3H3. The molecule has 0 saturated carbocycles. The Labute approximate surface area is 115 Å². The van der Waals surface area contributed by atoms with E-state index in [1.807, 2.05) is 11.8 Å². The average Bonchev–Trinajstić information content (AvgIpc) is 2.37. The number of aliphatic hydroxyl groups is 1. The molecule has 0 fully saturated rings. The first-order valence-electron chi connectivity index (χ1n) is 6.71. The SMILES string of the molecule is CCCNC(CCO)CSc1ccc(C)c(C)c1. The zero-order valence-electron chi connectivity index (χ0n) is 11.7. The molecular weight excluding hydrogens is 242 g/mol. The highest BCUT2D eigenvalue weighted by atomic mass is 32.2. The summed E-state index contributed by atoms with van der Waals surface area (Å²) in [6.45, 7) is 7.74. The largest absolute Gasteiger partial charge is 0.396 e. The quantitative estimate of drug-likeness (QED) is 0.710. The van der Waals surface area contributed by atoms with Crippen LogP contribution in [0.1, 0.15) is 30.9 Å². The molecule has 0 aliphatic carbocycles. The fraction of sp³-hybridized carbons (Fsp3) is 0.600. The van der Waals surface area contributed by atoms with E-state index in [1.165, 1.54) is 16.0 Å². The van der Waals surface area contributed by atoms with Crippen LogP contribution in [0.5, 0.6) is 0 Å². The van der Waals surface area contributed by atoms with Crippen LogP contribution in [0.25, 0.3) is 0 Å². The van der Waals surface area contributed by atoms with Gasteiger partial charge >= 0.3 is 0 Å². The number of hydrogen-bond acceptors (Lipinski definition) is 3. The number of benzene rings is 1. The van der Waals surface area contributed by atoms with Crippen LogP contribution in [0.15, 0.2) is 23.1 Å². The van der Waals surface area contributed by atoms with E-state index >= 15 is 0 Å². The van der Waals surface area contributed by atoms with Crippen molar-refractivity contribution in [2.24, 2.45) is 0 Å². The van der Waals surface area contributed by atoms with Crippen molar-refractivity contribution in [3.05, 3.63) is 29.3 Å². The molecule has 0 aliphatic heterocycles. The van der Waals surface area contributed by atoms with Crippen molar-refractivity contribution in [2.45, 2.75) is 44.6 Å². The van der Waals surface area contributed by atoms with E-state index in [-0.39, 0.29) is 6.61 Å². The van der Waals surface area contributed by atoms with Crippen LogP contribution in [-0.4, -0.2) is 30.1 Å². The molecule has 1 aromatic rings. The van der Waals surface area contributed by atoms with Gasteiger partial charge in [-0.25, -0.2) is 0 Å². The fourth-order valence-electron chi connectivity index (χ4n) is 1.75. The smallest absolute Gasteiger partial charge is 0.0446 e. The number of hydrogen-bond donors (Lipinski definition) is 2. The van der Waals surface area contributed by atoms with E-state index in [0.29, 0.717) is 6.04 Å². The summed E-state index contributed by atoms with van der Waals surface area (Å²) in [5.41, 5.74) is 2.69. The first-order chi connectivity index (χ1) is 8.67. The summed E-state index contributed by atoms with van der Waals surface area (Å²) in [6, 6.07) is 7.01. The summed E-state index contributed by atoms with van der Waals surface area (Å²) in [5, 5.41) is 12.6. The van der Waals surface area contributed by atoms with E-state index in [0.717, 1.165) is 25.1 Å². The van der Waals surface area contributed by atoms with Crippen LogP contribution < -0.4 is 5.32 Å². The third kappa shape index (κ3) is 5.42. The summed E-state index contributed by atoms with van der Waals surface area (Å²) in [5.74, 6) is 1.02. The number of aryl methyl sites for hydroxylation is 2. The van der Waals surface area contributed by atoms with Gasteiger partial charge in [0.15, 0.2) is 0 Å². The summed E-state index contributed by atoms with van der Waals surface area (Å²) in [7, 11) is 0. The summed E-state index contributed by atoms with van der Waals surface area (Å²) in [6.07, 6.45) is 1.97. The molecule has 1 aromatic carbocycles. The van der Waals surface area contributed by atoms with Gasteiger partial charge in [-0.1, -0.05) is 13.0 Å². The van der Waals surface area contributed by atoms with Crippen molar-refractivity contribution in [3.8, 4) is 0 Å². The van der Waals surface area contributed by atoms with E-state index < -0.39 is 0 Å². The second kappa shape index (κ2) is 8.57. The zero-order valence-corrected chi connectivity index (χ0v) is 12.5. The van der Waals surface area contributed by atoms with Gasteiger partial charge in [0.1, 0.15) is 0 Å². The lowest BCUT2D eigenvalue weighted by Gasteiger charge is -2.17. The van der Waals surface area contributed by atoms with Crippen LogP contribution in [-0.2, 0) is 0 Å². The maximum Gasteiger partial charge on any atom is 0.0446 e. The van der Waals surface area contributed by atoms with Gasteiger partial charge in [-0.05, 0) is 56.5 Å². The Morgan fingerprint density at radius 1 is 1.28 bits per heavy atom. The zero-order chi connectivity index (χ0) is 13.4. The van der Waals surface area contributed by atoms with E-state index in [1.54, 1.807) is 0 Å². The van der Waals surface area contributed by atoms with Crippen LogP contribution in [0, 0.1) is 13.8 Å². The number of aliphatic hydroxyl groups excluding tert-OH is 1. The Bertz CT molecular complexity index is 354. The molecule has 102 valence electrons. The Morgan fingerprint density at radius 2 is 2.06 bits per heavy atom. The first kappa shape index (κ1) is 15.5. The highest BCUT2D eigenvalue weighted by molar-refractivity contribution is 7.99. The van der Waals surface area contributed by atoms with Crippen molar-refractivity contribution < 1.29 is 5.11 Å². The molecule has 2 nitrogen and oxygen atoms in total. The predicted octanol–water partition coefficient (Wildman–Crippen LogP) is 3.15.